The van der Waals surface area contributed by atoms with Gasteiger partial charge in [-0.2, -0.15) is 5.26 Å². The van der Waals surface area contributed by atoms with Gasteiger partial charge in [0.2, 0.25) is 5.91 Å². The minimum atomic E-state index is -0.408. The average Bonchev–Trinajstić information content (AvgIpc) is 3.47. The van der Waals surface area contributed by atoms with Crippen molar-refractivity contribution in [3.05, 3.63) is 89.6 Å². The van der Waals surface area contributed by atoms with Gasteiger partial charge in [-0.3, -0.25) is 9.69 Å². The number of benzene rings is 2. The Balaban J connectivity index is 1.46. The van der Waals surface area contributed by atoms with E-state index < -0.39 is 6.03 Å². The number of nitrogens with one attached hydrogen (secondary N) is 1. The van der Waals surface area contributed by atoms with Gasteiger partial charge in [0.05, 0.1) is 37.7 Å². The zero-order chi connectivity index (χ0) is 27.5. The van der Waals surface area contributed by atoms with Crippen molar-refractivity contribution in [1.29, 1.82) is 5.26 Å². The van der Waals surface area contributed by atoms with E-state index in [1.54, 1.807) is 59.7 Å². The molecular weight excluding hydrogens is 501 g/mol. The number of carbonyl (C=O) groups excluding carboxylic acids is 2. The van der Waals surface area contributed by atoms with Crippen LogP contribution in [-0.2, 0) is 22.6 Å². The molecule has 1 fully saturated rings. The number of nitrogens with zero attached hydrogens (tertiary/aromatic N) is 4. The fraction of sp³-hybridized carbons (Fsp3) is 0.345. The van der Waals surface area contributed by atoms with Crippen molar-refractivity contribution in [3.63, 3.8) is 0 Å². The maximum Gasteiger partial charge on any atom is 0.322 e. The number of ether oxygens (including phenoxy) is 1. The molecule has 3 aromatic rings. The molecule has 0 radical (unpaired) electrons. The van der Waals surface area contributed by atoms with E-state index in [-0.39, 0.29) is 31.4 Å². The van der Waals surface area contributed by atoms with Gasteiger partial charge in [0.25, 0.3) is 0 Å². The highest BCUT2D eigenvalue weighted by Gasteiger charge is 2.23. The topological polar surface area (TPSA) is 102 Å². The summed E-state index contributed by atoms with van der Waals surface area (Å²) in [6.45, 7) is 4.50. The van der Waals surface area contributed by atoms with Gasteiger partial charge in [-0.15, -0.1) is 0 Å². The van der Waals surface area contributed by atoms with Crippen molar-refractivity contribution in [1.82, 2.24) is 14.7 Å². The minimum absolute atomic E-state index is 0.146. The highest BCUT2D eigenvalue weighted by atomic mass is 19.1. The van der Waals surface area contributed by atoms with Crippen LogP contribution in [0.1, 0.15) is 23.3 Å². The highest BCUT2D eigenvalue weighted by Crippen LogP contribution is 2.14. The Morgan fingerprint density at radius 2 is 1.74 bits per heavy atom. The van der Waals surface area contributed by atoms with Crippen molar-refractivity contribution in [2.75, 3.05) is 51.3 Å². The van der Waals surface area contributed by atoms with Gasteiger partial charge in [-0.05, 0) is 60.5 Å². The van der Waals surface area contributed by atoms with E-state index >= 15 is 0 Å². The van der Waals surface area contributed by atoms with Gasteiger partial charge in [0.1, 0.15) is 18.1 Å². The molecule has 4 rings (SSSR count). The molecule has 0 atom stereocenters. The predicted octanol–water partition coefficient (Wildman–Crippen LogP) is 4.08. The lowest BCUT2D eigenvalue weighted by Crippen LogP contribution is -2.45. The molecule has 2 heterocycles. The van der Waals surface area contributed by atoms with Crippen LogP contribution in [0.3, 0.4) is 0 Å². The third-order valence-corrected chi connectivity index (χ3v) is 6.45. The molecule has 0 saturated carbocycles. The lowest BCUT2D eigenvalue weighted by Gasteiger charge is -2.30. The van der Waals surface area contributed by atoms with Crippen LogP contribution in [-0.4, -0.2) is 72.6 Å². The zero-order valence-corrected chi connectivity index (χ0v) is 21.7. The first-order valence-corrected chi connectivity index (χ1v) is 12.9. The van der Waals surface area contributed by atoms with Gasteiger partial charge in [-0.1, -0.05) is 12.1 Å². The lowest BCUT2D eigenvalue weighted by molar-refractivity contribution is -0.133. The second-order valence-electron chi connectivity index (χ2n) is 9.30. The Kier molecular flexibility index (Phi) is 10.1. The molecule has 1 aliphatic heterocycles. The maximum absolute atomic E-state index is 13.6. The summed E-state index contributed by atoms with van der Waals surface area (Å²) in [7, 11) is 0. The van der Waals surface area contributed by atoms with E-state index in [1.807, 2.05) is 0 Å². The first-order valence-electron chi connectivity index (χ1n) is 12.9. The Morgan fingerprint density at radius 1 is 1.00 bits per heavy atom. The quantitative estimate of drug-likeness (QED) is 0.399. The summed E-state index contributed by atoms with van der Waals surface area (Å²) in [5.41, 5.74) is 1.78. The standard InChI is InChI=1S/C29H32FN5O4/c30-25-8-4-24(5-9-25)20-35(21-27-3-1-16-39-27)28(36)22-34(13-2-12-33-14-17-38-18-15-33)29(37)32-26-10-6-23(19-31)7-11-26/h1,3-11,16H,2,12-15,17-18,20-22H2,(H,32,37). The van der Waals surface area contributed by atoms with Crippen LogP contribution in [0.25, 0.3) is 0 Å². The number of furan rings is 1. The van der Waals surface area contributed by atoms with E-state index in [1.165, 1.54) is 17.0 Å². The predicted molar refractivity (Wildman–Crippen MR) is 143 cm³/mol. The van der Waals surface area contributed by atoms with E-state index in [2.05, 4.69) is 16.3 Å². The monoisotopic (exact) mass is 533 g/mol. The molecule has 0 spiro atoms. The molecule has 9 nitrogen and oxygen atoms in total. The second-order valence-corrected chi connectivity index (χ2v) is 9.30. The number of rotatable bonds is 11. The van der Waals surface area contributed by atoms with Gasteiger partial charge in [-0.25, -0.2) is 9.18 Å². The van der Waals surface area contributed by atoms with Crippen molar-refractivity contribution >= 4 is 17.6 Å². The summed E-state index contributed by atoms with van der Waals surface area (Å²) in [4.78, 5) is 32.3. The Hall–Kier alpha value is -4.20. The van der Waals surface area contributed by atoms with Crippen molar-refractivity contribution in [3.8, 4) is 6.07 Å². The molecule has 1 saturated heterocycles. The van der Waals surface area contributed by atoms with Crippen LogP contribution in [0.5, 0.6) is 0 Å². The first kappa shape index (κ1) is 27.8. The van der Waals surface area contributed by atoms with E-state index in [0.717, 1.165) is 25.2 Å². The summed E-state index contributed by atoms with van der Waals surface area (Å²) in [6, 6.07) is 17.7. The van der Waals surface area contributed by atoms with Crippen LogP contribution in [0.4, 0.5) is 14.9 Å². The molecule has 10 heteroatoms. The summed E-state index contributed by atoms with van der Waals surface area (Å²) in [5, 5.41) is 11.9. The smallest absolute Gasteiger partial charge is 0.322 e. The first-order chi connectivity index (χ1) is 19.0. The number of carbonyl (C=O) groups is 2. The Labute approximate surface area is 227 Å². The number of morpholine rings is 1. The molecule has 3 amide bonds. The normalized spacial score (nSPS) is 13.4. The number of amides is 3. The third-order valence-electron chi connectivity index (χ3n) is 6.45. The third kappa shape index (κ3) is 8.67. The molecule has 1 aromatic heterocycles. The molecule has 39 heavy (non-hydrogen) atoms. The summed E-state index contributed by atoms with van der Waals surface area (Å²) in [5.74, 6) is -0.0167. The fourth-order valence-electron chi connectivity index (χ4n) is 4.29. The van der Waals surface area contributed by atoms with Crippen LogP contribution in [0.15, 0.2) is 71.3 Å². The molecule has 0 aliphatic carbocycles. The number of hydrogen-bond acceptors (Lipinski definition) is 6. The van der Waals surface area contributed by atoms with E-state index in [9.17, 15) is 14.0 Å². The highest BCUT2D eigenvalue weighted by molar-refractivity contribution is 5.92. The molecule has 0 unspecified atom stereocenters. The lowest BCUT2D eigenvalue weighted by atomic mass is 10.2. The van der Waals surface area contributed by atoms with Crippen LogP contribution >= 0.6 is 0 Å². The number of anilines is 1. The molecule has 0 bridgehead atoms. The number of halogens is 1. The Bertz CT molecular complexity index is 1240. The minimum Gasteiger partial charge on any atom is -0.467 e. The molecule has 1 aliphatic rings. The van der Waals surface area contributed by atoms with Gasteiger partial charge in [0.15, 0.2) is 0 Å². The van der Waals surface area contributed by atoms with Crippen LogP contribution in [0, 0.1) is 17.1 Å². The average molecular weight is 534 g/mol. The van der Waals surface area contributed by atoms with Crippen molar-refractivity contribution in [2.24, 2.45) is 0 Å². The van der Waals surface area contributed by atoms with Gasteiger partial charge >= 0.3 is 6.03 Å². The number of nitriles is 1. The van der Waals surface area contributed by atoms with E-state index in [4.69, 9.17) is 14.4 Å². The fourth-order valence-corrected chi connectivity index (χ4v) is 4.29. The largest absolute Gasteiger partial charge is 0.467 e. The molecule has 2 aromatic carbocycles. The zero-order valence-electron chi connectivity index (χ0n) is 21.7. The summed E-state index contributed by atoms with van der Waals surface area (Å²) >= 11 is 0. The number of urea groups is 1. The number of hydrogen-bond donors (Lipinski definition) is 1. The van der Waals surface area contributed by atoms with E-state index in [0.29, 0.717) is 43.2 Å². The molecule has 204 valence electrons. The molecule has 1 N–H and O–H groups in total. The SMILES string of the molecule is N#Cc1ccc(NC(=O)N(CCCN2CCOCC2)CC(=O)N(Cc2ccc(F)cc2)Cc2ccco2)cc1. The second kappa shape index (κ2) is 14.1. The van der Waals surface area contributed by atoms with Crippen molar-refractivity contribution in [2.45, 2.75) is 19.5 Å². The van der Waals surface area contributed by atoms with Gasteiger partial charge < -0.3 is 24.3 Å². The van der Waals surface area contributed by atoms with Gasteiger partial charge in [0, 0.05) is 38.4 Å². The summed E-state index contributed by atoms with van der Waals surface area (Å²) < 4.78 is 24.3. The van der Waals surface area contributed by atoms with Crippen LogP contribution in [0.2, 0.25) is 0 Å². The summed E-state index contributed by atoms with van der Waals surface area (Å²) in [6.07, 6.45) is 2.23. The van der Waals surface area contributed by atoms with Crippen LogP contribution < -0.4 is 5.32 Å². The maximum atomic E-state index is 13.6. The molecular formula is C29H32FN5O4. The Morgan fingerprint density at radius 3 is 2.41 bits per heavy atom. The van der Waals surface area contributed by atoms with Crippen molar-refractivity contribution < 1.29 is 23.1 Å².